The van der Waals surface area contributed by atoms with Crippen LogP contribution in [0.4, 0.5) is 5.69 Å². The molecule has 0 amide bonds. The topological polar surface area (TPSA) is 71.9 Å². The summed E-state index contributed by atoms with van der Waals surface area (Å²) in [4.78, 5) is 10.6. The Kier molecular flexibility index (Phi) is 3.52. The molecule has 1 heterocycles. The predicted molar refractivity (Wildman–Crippen MR) is 69.5 cm³/mol. The molecule has 0 saturated carbocycles. The summed E-state index contributed by atoms with van der Waals surface area (Å²) >= 11 is 0. The molecule has 5 heteroatoms. The van der Waals surface area contributed by atoms with Crippen molar-refractivity contribution >= 4 is 11.9 Å². The van der Waals surface area contributed by atoms with E-state index in [1.54, 1.807) is 18.2 Å². The molecule has 0 unspecified atom stereocenters. The SMILES string of the molecule is N=CCCc1cccn1-c1ccccc1[N+](=O)[O-]. The van der Waals surface area contributed by atoms with Gasteiger partial charge in [-0.15, -0.1) is 0 Å². The van der Waals surface area contributed by atoms with Crippen LogP contribution in [-0.2, 0) is 6.42 Å². The van der Waals surface area contributed by atoms with Crippen LogP contribution in [0.1, 0.15) is 12.1 Å². The lowest BCUT2D eigenvalue weighted by molar-refractivity contribution is -0.384. The van der Waals surface area contributed by atoms with Crippen molar-refractivity contribution in [1.29, 1.82) is 5.41 Å². The van der Waals surface area contributed by atoms with Crippen molar-refractivity contribution in [3.63, 3.8) is 0 Å². The number of nitro benzene ring substituents is 1. The summed E-state index contributed by atoms with van der Waals surface area (Å²) in [6.07, 6.45) is 4.48. The number of benzene rings is 1. The highest BCUT2D eigenvalue weighted by atomic mass is 16.6. The Morgan fingerprint density at radius 1 is 1.28 bits per heavy atom. The van der Waals surface area contributed by atoms with Crippen molar-refractivity contribution in [3.8, 4) is 5.69 Å². The van der Waals surface area contributed by atoms with E-state index in [0.29, 0.717) is 18.5 Å². The van der Waals surface area contributed by atoms with Crippen LogP contribution in [0.5, 0.6) is 0 Å². The average Bonchev–Trinajstić information content (AvgIpc) is 2.84. The van der Waals surface area contributed by atoms with Crippen LogP contribution in [0, 0.1) is 15.5 Å². The molecule has 0 atom stereocenters. The lowest BCUT2D eigenvalue weighted by atomic mass is 10.2. The molecule has 18 heavy (non-hydrogen) atoms. The van der Waals surface area contributed by atoms with Crippen molar-refractivity contribution < 1.29 is 4.92 Å². The largest absolute Gasteiger partial charge is 0.315 e. The van der Waals surface area contributed by atoms with E-state index in [2.05, 4.69) is 0 Å². The van der Waals surface area contributed by atoms with Gasteiger partial charge in [0, 0.05) is 18.0 Å². The van der Waals surface area contributed by atoms with Gasteiger partial charge in [-0.05, 0) is 37.3 Å². The van der Waals surface area contributed by atoms with E-state index in [1.165, 1.54) is 12.3 Å². The summed E-state index contributed by atoms with van der Waals surface area (Å²) < 4.78 is 1.81. The van der Waals surface area contributed by atoms with E-state index in [-0.39, 0.29) is 10.6 Å². The number of aromatic nitrogens is 1. The van der Waals surface area contributed by atoms with Crippen molar-refractivity contribution in [1.82, 2.24) is 4.57 Å². The highest BCUT2D eigenvalue weighted by Gasteiger charge is 2.15. The molecule has 0 saturated heterocycles. The Bertz CT molecular complexity index is 575. The second-order valence-corrected chi connectivity index (χ2v) is 3.86. The Labute approximate surface area is 104 Å². The van der Waals surface area contributed by atoms with E-state index in [4.69, 9.17) is 5.41 Å². The van der Waals surface area contributed by atoms with Gasteiger partial charge in [-0.2, -0.15) is 0 Å². The number of aryl methyl sites for hydroxylation is 1. The van der Waals surface area contributed by atoms with Gasteiger partial charge in [0.15, 0.2) is 0 Å². The molecular formula is C13H13N3O2. The van der Waals surface area contributed by atoms with E-state index < -0.39 is 0 Å². The maximum atomic E-state index is 11.0. The third kappa shape index (κ3) is 2.29. The molecular weight excluding hydrogens is 230 g/mol. The summed E-state index contributed by atoms with van der Waals surface area (Å²) in [5, 5.41) is 18.0. The van der Waals surface area contributed by atoms with Gasteiger partial charge in [0.1, 0.15) is 5.69 Å². The minimum atomic E-state index is -0.379. The molecule has 1 aromatic heterocycles. The summed E-state index contributed by atoms with van der Waals surface area (Å²) in [5.74, 6) is 0. The zero-order chi connectivity index (χ0) is 13.0. The maximum absolute atomic E-state index is 11.0. The van der Waals surface area contributed by atoms with Gasteiger partial charge in [0.25, 0.3) is 5.69 Å². The quantitative estimate of drug-likeness (QED) is 0.498. The normalized spacial score (nSPS) is 10.2. The second-order valence-electron chi connectivity index (χ2n) is 3.86. The standard InChI is InChI=1S/C13H13N3O2/c14-9-3-5-11-6-4-10-15(11)12-7-1-2-8-13(12)16(17)18/h1-2,4,6-10,14H,3,5H2. The van der Waals surface area contributed by atoms with Crippen LogP contribution in [0.3, 0.4) is 0 Å². The van der Waals surface area contributed by atoms with Crippen LogP contribution in [0.2, 0.25) is 0 Å². The van der Waals surface area contributed by atoms with Gasteiger partial charge in [0.05, 0.1) is 4.92 Å². The van der Waals surface area contributed by atoms with E-state index in [1.807, 2.05) is 22.9 Å². The molecule has 0 bridgehead atoms. The fraction of sp³-hybridized carbons (Fsp3) is 0.154. The summed E-state index contributed by atoms with van der Waals surface area (Å²) in [6, 6.07) is 10.4. The van der Waals surface area contributed by atoms with E-state index >= 15 is 0 Å². The molecule has 5 nitrogen and oxygen atoms in total. The van der Waals surface area contributed by atoms with Crippen molar-refractivity contribution in [2.45, 2.75) is 12.8 Å². The third-order valence-electron chi connectivity index (χ3n) is 2.72. The minimum Gasteiger partial charge on any atom is -0.315 e. The lowest BCUT2D eigenvalue weighted by Crippen LogP contribution is -2.03. The van der Waals surface area contributed by atoms with Crippen molar-refractivity contribution in [3.05, 3.63) is 58.4 Å². The molecule has 0 aliphatic heterocycles. The first-order valence-corrected chi connectivity index (χ1v) is 5.63. The molecule has 0 radical (unpaired) electrons. The summed E-state index contributed by atoms with van der Waals surface area (Å²) in [6.45, 7) is 0. The van der Waals surface area contributed by atoms with Gasteiger partial charge in [-0.1, -0.05) is 12.1 Å². The number of nitro groups is 1. The van der Waals surface area contributed by atoms with E-state index in [0.717, 1.165) is 5.69 Å². The van der Waals surface area contributed by atoms with Gasteiger partial charge in [-0.3, -0.25) is 10.1 Å². The van der Waals surface area contributed by atoms with Crippen LogP contribution in [-0.4, -0.2) is 15.7 Å². The van der Waals surface area contributed by atoms with Gasteiger partial charge in [-0.25, -0.2) is 0 Å². The first kappa shape index (κ1) is 12.0. The molecule has 1 aromatic carbocycles. The zero-order valence-electron chi connectivity index (χ0n) is 9.74. The van der Waals surface area contributed by atoms with Gasteiger partial charge in [0.2, 0.25) is 0 Å². The molecule has 1 N–H and O–H groups in total. The highest BCUT2D eigenvalue weighted by Crippen LogP contribution is 2.24. The molecule has 0 spiro atoms. The van der Waals surface area contributed by atoms with Crippen LogP contribution >= 0.6 is 0 Å². The fourth-order valence-electron chi connectivity index (χ4n) is 1.90. The number of nitrogens with one attached hydrogen (secondary N) is 1. The molecule has 0 aliphatic rings. The van der Waals surface area contributed by atoms with Crippen molar-refractivity contribution in [2.24, 2.45) is 0 Å². The molecule has 2 rings (SSSR count). The number of hydrogen-bond donors (Lipinski definition) is 1. The maximum Gasteiger partial charge on any atom is 0.293 e. The minimum absolute atomic E-state index is 0.0878. The average molecular weight is 243 g/mol. The molecule has 0 fully saturated rings. The number of hydrogen-bond acceptors (Lipinski definition) is 3. The monoisotopic (exact) mass is 243 g/mol. The molecule has 0 aliphatic carbocycles. The third-order valence-corrected chi connectivity index (χ3v) is 2.72. The fourth-order valence-corrected chi connectivity index (χ4v) is 1.90. The van der Waals surface area contributed by atoms with Crippen LogP contribution in [0.15, 0.2) is 42.6 Å². The van der Waals surface area contributed by atoms with Crippen LogP contribution < -0.4 is 0 Å². The van der Waals surface area contributed by atoms with E-state index in [9.17, 15) is 10.1 Å². The first-order chi connectivity index (χ1) is 8.74. The smallest absolute Gasteiger partial charge is 0.293 e. The number of nitrogens with zero attached hydrogens (tertiary/aromatic N) is 2. The van der Waals surface area contributed by atoms with Crippen LogP contribution in [0.25, 0.3) is 5.69 Å². The zero-order valence-corrected chi connectivity index (χ0v) is 9.74. The Morgan fingerprint density at radius 2 is 2.06 bits per heavy atom. The number of rotatable bonds is 5. The summed E-state index contributed by atoms with van der Waals surface area (Å²) in [7, 11) is 0. The second kappa shape index (κ2) is 5.27. The Morgan fingerprint density at radius 3 is 2.78 bits per heavy atom. The Balaban J connectivity index is 2.45. The first-order valence-electron chi connectivity index (χ1n) is 5.63. The Hall–Kier alpha value is -2.43. The molecule has 92 valence electrons. The number of para-hydroxylation sites is 2. The van der Waals surface area contributed by atoms with Gasteiger partial charge < -0.3 is 9.98 Å². The summed E-state index contributed by atoms with van der Waals surface area (Å²) in [5.41, 5.74) is 1.62. The lowest BCUT2D eigenvalue weighted by Gasteiger charge is -2.08. The predicted octanol–water partition coefficient (Wildman–Crippen LogP) is 2.97. The van der Waals surface area contributed by atoms with Gasteiger partial charge >= 0.3 is 0 Å². The molecule has 2 aromatic rings. The van der Waals surface area contributed by atoms with Crippen molar-refractivity contribution in [2.75, 3.05) is 0 Å². The highest BCUT2D eigenvalue weighted by molar-refractivity contribution is 5.55.